The van der Waals surface area contributed by atoms with E-state index in [1.54, 1.807) is 30.5 Å². The predicted octanol–water partition coefficient (Wildman–Crippen LogP) is 6.00. The predicted molar refractivity (Wildman–Crippen MR) is 153 cm³/mol. The van der Waals surface area contributed by atoms with E-state index in [1.165, 1.54) is 14.2 Å². The molecule has 1 fully saturated rings. The van der Waals surface area contributed by atoms with Crippen LogP contribution in [0.4, 0.5) is 11.4 Å². The van der Waals surface area contributed by atoms with Gasteiger partial charge in [0.1, 0.15) is 17.3 Å². The number of hydrogen-bond donors (Lipinski definition) is 3. The summed E-state index contributed by atoms with van der Waals surface area (Å²) in [6.45, 7) is 8.30. The highest BCUT2D eigenvalue weighted by molar-refractivity contribution is 6.32. The smallest absolute Gasteiger partial charge is 0.255 e. The highest BCUT2D eigenvalue weighted by Gasteiger charge is 2.22. The first-order valence-corrected chi connectivity index (χ1v) is 13.4. The molecule has 3 N–H and O–H groups in total. The van der Waals surface area contributed by atoms with Crippen LogP contribution in [0.25, 0.3) is 0 Å². The van der Waals surface area contributed by atoms with Gasteiger partial charge in [0.15, 0.2) is 5.75 Å². The highest BCUT2D eigenvalue weighted by Crippen LogP contribution is 2.39. The van der Waals surface area contributed by atoms with E-state index in [0.717, 1.165) is 43.7 Å². The zero-order chi connectivity index (χ0) is 28.0. The number of carbonyl (C=O) groups is 1. The number of piperidine rings is 1. The van der Waals surface area contributed by atoms with E-state index < -0.39 is 0 Å². The normalized spacial score (nSPS) is 14.1. The number of anilines is 2. The molecule has 39 heavy (non-hydrogen) atoms. The molecule has 1 aromatic heterocycles. The van der Waals surface area contributed by atoms with Crippen molar-refractivity contribution >= 4 is 28.9 Å². The first kappa shape index (κ1) is 28.6. The summed E-state index contributed by atoms with van der Waals surface area (Å²) < 4.78 is 11.6. The second-order valence-corrected chi connectivity index (χ2v) is 11.0. The first-order chi connectivity index (χ1) is 18.7. The average Bonchev–Trinajstić information content (AvgIpc) is 2.90. The fourth-order valence-corrected chi connectivity index (χ4v) is 4.63. The summed E-state index contributed by atoms with van der Waals surface area (Å²) in [7, 11) is 3.06. The van der Waals surface area contributed by atoms with E-state index in [1.807, 2.05) is 12.1 Å². The molecule has 0 atom stereocenters. The number of aromatic nitrogens is 2. The lowest BCUT2D eigenvalue weighted by Gasteiger charge is -2.23. The molecule has 1 amide bonds. The molecule has 0 saturated carbocycles. The second-order valence-electron chi connectivity index (χ2n) is 10.6. The molecule has 0 unspecified atom stereocenters. The summed E-state index contributed by atoms with van der Waals surface area (Å²) in [6, 6.07) is 10.4. The first-order valence-electron chi connectivity index (χ1n) is 13.0. The quantitative estimate of drug-likeness (QED) is 0.277. The van der Waals surface area contributed by atoms with Crippen LogP contribution >= 0.6 is 11.6 Å². The van der Waals surface area contributed by atoms with E-state index in [9.17, 15) is 4.79 Å². The van der Waals surface area contributed by atoms with Crippen LogP contribution in [0.5, 0.6) is 17.4 Å². The maximum Gasteiger partial charge on any atom is 0.255 e. The van der Waals surface area contributed by atoms with Crippen LogP contribution in [-0.2, 0) is 16.7 Å². The number of carbonyl (C=O) groups excluding carboxylic acids is 1. The summed E-state index contributed by atoms with van der Waals surface area (Å²) in [6.07, 6.45) is 4.68. The average molecular weight is 554 g/mol. The van der Waals surface area contributed by atoms with Crippen molar-refractivity contribution in [3.63, 3.8) is 0 Å². The van der Waals surface area contributed by atoms with Gasteiger partial charge in [-0.25, -0.2) is 4.98 Å². The number of methoxy groups -OCH3 is 1. The van der Waals surface area contributed by atoms with Crippen LogP contribution in [0, 0.1) is 5.92 Å². The topological polar surface area (TPSA) is 107 Å². The molecular weight excluding hydrogens is 518 g/mol. The number of hydrogen-bond acceptors (Lipinski definition) is 8. The van der Waals surface area contributed by atoms with Crippen LogP contribution in [0.2, 0.25) is 5.02 Å². The monoisotopic (exact) mass is 553 g/mol. The Morgan fingerprint density at radius 2 is 1.85 bits per heavy atom. The van der Waals surface area contributed by atoms with Gasteiger partial charge in [-0.2, -0.15) is 4.98 Å². The van der Waals surface area contributed by atoms with Crippen LogP contribution in [0.3, 0.4) is 0 Å². The minimum atomic E-state index is -0.349. The molecule has 1 saturated heterocycles. The third-order valence-corrected chi connectivity index (χ3v) is 6.95. The number of nitrogens with one attached hydrogen (secondary N) is 3. The molecule has 0 aliphatic carbocycles. The van der Waals surface area contributed by atoms with Crippen molar-refractivity contribution in [2.75, 3.05) is 38.1 Å². The molecule has 1 aliphatic heterocycles. The lowest BCUT2D eigenvalue weighted by Crippen LogP contribution is -2.29. The molecule has 9 nitrogen and oxygen atoms in total. The summed E-state index contributed by atoms with van der Waals surface area (Å²) in [5.41, 5.74) is 5.12. The van der Waals surface area contributed by atoms with Crippen LogP contribution < -0.4 is 25.6 Å². The van der Waals surface area contributed by atoms with E-state index in [4.69, 9.17) is 25.9 Å². The summed E-state index contributed by atoms with van der Waals surface area (Å²) in [5.74, 6) is 2.09. The van der Waals surface area contributed by atoms with Crippen molar-refractivity contribution in [3.8, 4) is 17.4 Å². The molecule has 208 valence electrons. The van der Waals surface area contributed by atoms with Gasteiger partial charge in [-0.15, -0.1) is 0 Å². The van der Waals surface area contributed by atoms with Crippen molar-refractivity contribution in [1.29, 1.82) is 0 Å². The zero-order valence-corrected chi connectivity index (χ0v) is 23.8. The van der Waals surface area contributed by atoms with Gasteiger partial charge in [-0.3, -0.25) is 15.1 Å². The Morgan fingerprint density at radius 3 is 2.54 bits per heavy atom. The van der Waals surface area contributed by atoms with Gasteiger partial charge in [0.05, 0.1) is 24.9 Å². The maximum absolute atomic E-state index is 13.4. The number of benzene rings is 2. The molecule has 2 heterocycles. The van der Waals surface area contributed by atoms with Crippen LogP contribution in [0.15, 0.2) is 42.6 Å². The van der Waals surface area contributed by atoms with Gasteiger partial charge in [0.25, 0.3) is 5.91 Å². The zero-order valence-electron chi connectivity index (χ0n) is 23.1. The highest BCUT2D eigenvalue weighted by atomic mass is 35.5. The number of rotatable bonds is 9. The molecule has 2 aromatic carbocycles. The molecule has 1 aliphatic rings. The molecule has 4 rings (SSSR count). The Morgan fingerprint density at radius 1 is 1.10 bits per heavy atom. The molecular formula is C29H36ClN5O4. The van der Waals surface area contributed by atoms with Crippen LogP contribution in [0.1, 0.15) is 55.4 Å². The Labute approximate surface area is 234 Å². The number of amides is 1. The number of halogens is 1. The Hall–Kier alpha value is -3.40. The standard InChI is InChI=1S/C29H36ClN5O4/c1-29(2,3)20-16-22(27(37-4)23(17-20)35-38-5)33-28(36)19-6-7-21(30)24(15-19)39-26-10-13-32-25(34-26)14-18-8-11-31-12-9-18/h6-7,10,13,15-18,31,35H,8-9,11-12,14H2,1-5H3,(H,33,36). The fraction of sp³-hybridized carbons (Fsp3) is 0.414. The largest absolute Gasteiger partial charge is 0.492 e. The summed E-state index contributed by atoms with van der Waals surface area (Å²) in [4.78, 5) is 27.5. The minimum Gasteiger partial charge on any atom is -0.492 e. The Kier molecular flexibility index (Phi) is 9.27. The van der Waals surface area contributed by atoms with Gasteiger partial charge >= 0.3 is 0 Å². The number of nitrogens with zero attached hydrogens (tertiary/aromatic N) is 2. The lowest BCUT2D eigenvalue weighted by atomic mass is 9.86. The van der Waals surface area contributed by atoms with Crippen molar-refractivity contribution in [1.82, 2.24) is 15.3 Å². The van der Waals surface area contributed by atoms with Gasteiger partial charge in [-0.05, 0) is 73.2 Å². The van der Waals surface area contributed by atoms with Gasteiger partial charge < -0.3 is 20.1 Å². The van der Waals surface area contributed by atoms with Crippen molar-refractivity contribution in [2.45, 2.75) is 45.4 Å². The Balaban J connectivity index is 1.55. The molecule has 0 bridgehead atoms. The van der Waals surface area contributed by atoms with Crippen molar-refractivity contribution < 1.29 is 19.1 Å². The van der Waals surface area contributed by atoms with Gasteiger partial charge in [-0.1, -0.05) is 32.4 Å². The SMILES string of the molecule is CONc1cc(C(C)(C)C)cc(NC(=O)c2ccc(Cl)c(Oc3ccnc(CC4CCNCC4)n3)c2)c1OC. The van der Waals surface area contributed by atoms with Gasteiger partial charge in [0.2, 0.25) is 5.88 Å². The van der Waals surface area contributed by atoms with E-state index in [2.05, 4.69) is 46.9 Å². The van der Waals surface area contributed by atoms with E-state index >= 15 is 0 Å². The summed E-state index contributed by atoms with van der Waals surface area (Å²) in [5, 5.41) is 6.71. The van der Waals surface area contributed by atoms with Crippen molar-refractivity contribution in [3.05, 3.63) is 64.6 Å². The lowest BCUT2D eigenvalue weighted by molar-refractivity contribution is 0.102. The fourth-order valence-electron chi connectivity index (χ4n) is 4.47. The molecule has 0 spiro atoms. The van der Waals surface area contributed by atoms with Crippen molar-refractivity contribution in [2.24, 2.45) is 5.92 Å². The van der Waals surface area contributed by atoms with E-state index in [0.29, 0.717) is 45.3 Å². The third kappa shape index (κ3) is 7.38. The molecule has 3 aromatic rings. The second kappa shape index (κ2) is 12.6. The van der Waals surface area contributed by atoms with Crippen LogP contribution in [-0.4, -0.2) is 43.2 Å². The molecule has 0 radical (unpaired) electrons. The van der Waals surface area contributed by atoms with E-state index in [-0.39, 0.29) is 11.3 Å². The molecule has 10 heteroatoms. The maximum atomic E-state index is 13.4. The van der Waals surface area contributed by atoms with Gasteiger partial charge in [0, 0.05) is 24.2 Å². The Bertz CT molecular complexity index is 1310. The minimum absolute atomic E-state index is 0.179. The number of ether oxygens (including phenoxy) is 2. The third-order valence-electron chi connectivity index (χ3n) is 6.64. The summed E-state index contributed by atoms with van der Waals surface area (Å²) >= 11 is 6.43.